The Kier molecular flexibility index (Phi) is 1.37. The van der Waals surface area contributed by atoms with E-state index in [0.717, 1.165) is 24.3 Å². The van der Waals surface area contributed by atoms with E-state index in [1.807, 2.05) is 12.1 Å². The van der Waals surface area contributed by atoms with E-state index >= 15 is 0 Å². The maximum absolute atomic E-state index is 11.8. The summed E-state index contributed by atoms with van der Waals surface area (Å²) in [6.45, 7) is 0.711. The highest BCUT2D eigenvalue weighted by Crippen LogP contribution is 2.48. The molecule has 0 unspecified atom stereocenters. The Balaban J connectivity index is 2.00. The van der Waals surface area contributed by atoms with Gasteiger partial charge in [0.2, 0.25) is 5.91 Å². The molecule has 2 heterocycles. The maximum atomic E-state index is 11.8. The standard InChI is InChI=1S/C10H11N3O/c14-9-10(3-4-10)6-12-8-7(13-9)2-1-5-11-8/h1-2,5H,3-4,6H2,(H,11,12)(H,13,14). The highest BCUT2D eigenvalue weighted by atomic mass is 16.2. The third-order valence-corrected chi connectivity index (χ3v) is 2.99. The summed E-state index contributed by atoms with van der Waals surface area (Å²) >= 11 is 0. The molecule has 1 saturated carbocycles. The van der Waals surface area contributed by atoms with Crippen LogP contribution < -0.4 is 10.6 Å². The van der Waals surface area contributed by atoms with Gasteiger partial charge in [0.1, 0.15) is 5.82 Å². The van der Waals surface area contributed by atoms with Crippen LogP contribution in [0.3, 0.4) is 0 Å². The molecule has 14 heavy (non-hydrogen) atoms. The van der Waals surface area contributed by atoms with Crippen molar-refractivity contribution in [3.8, 4) is 0 Å². The van der Waals surface area contributed by atoms with Crippen LogP contribution in [-0.2, 0) is 4.79 Å². The first kappa shape index (κ1) is 7.79. The van der Waals surface area contributed by atoms with E-state index in [2.05, 4.69) is 15.6 Å². The fourth-order valence-corrected chi connectivity index (χ4v) is 1.79. The summed E-state index contributed by atoms with van der Waals surface area (Å²) in [5.74, 6) is 0.918. The van der Waals surface area contributed by atoms with Crippen molar-refractivity contribution in [1.29, 1.82) is 0 Å². The normalized spacial score (nSPS) is 21.9. The van der Waals surface area contributed by atoms with Crippen LogP contribution in [0.25, 0.3) is 0 Å². The van der Waals surface area contributed by atoms with Crippen molar-refractivity contribution in [1.82, 2.24) is 4.98 Å². The first-order valence-corrected chi connectivity index (χ1v) is 4.81. The summed E-state index contributed by atoms with van der Waals surface area (Å²) in [5.41, 5.74) is 0.641. The number of rotatable bonds is 0. The number of anilines is 2. The quantitative estimate of drug-likeness (QED) is 0.645. The highest BCUT2D eigenvalue weighted by Gasteiger charge is 2.50. The van der Waals surface area contributed by atoms with Crippen LogP contribution in [0.1, 0.15) is 12.8 Å². The molecule has 72 valence electrons. The fraction of sp³-hybridized carbons (Fsp3) is 0.400. The second-order valence-corrected chi connectivity index (χ2v) is 3.99. The molecule has 3 rings (SSSR count). The Bertz CT molecular complexity index is 398. The number of carbonyl (C=O) groups excluding carboxylic acids is 1. The summed E-state index contributed by atoms with van der Waals surface area (Å²) < 4.78 is 0. The minimum absolute atomic E-state index is 0.136. The first-order valence-electron chi connectivity index (χ1n) is 4.81. The molecule has 1 aliphatic heterocycles. The van der Waals surface area contributed by atoms with E-state index in [1.54, 1.807) is 6.20 Å². The van der Waals surface area contributed by atoms with Crippen LogP contribution in [-0.4, -0.2) is 17.4 Å². The maximum Gasteiger partial charge on any atom is 0.232 e. The van der Waals surface area contributed by atoms with Gasteiger partial charge in [-0.25, -0.2) is 4.98 Å². The summed E-state index contributed by atoms with van der Waals surface area (Å²) in [5, 5.41) is 6.13. The SMILES string of the molecule is O=C1Nc2cccnc2NCC12CC2. The van der Waals surface area contributed by atoms with Crippen LogP contribution >= 0.6 is 0 Å². The van der Waals surface area contributed by atoms with Crippen molar-refractivity contribution in [2.24, 2.45) is 5.41 Å². The predicted molar refractivity (Wildman–Crippen MR) is 53.0 cm³/mol. The molecule has 0 aromatic carbocycles. The predicted octanol–water partition coefficient (Wildman–Crippen LogP) is 1.23. The van der Waals surface area contributed by atoms with Crippen molar-refractivity contribution in [3.05, 3.63) is 18.3 Å². The molecule has 1 aliphatic carbocycles. The Morgan fingerprint density at radius 2 is 2.29 bits per heavy atom. The summed E-state index contributed by atoms with van der Waals surface area (Å²) in [4.78, 5) is 16.0. The van der Waals surface area contributed by atoms with Crippen molar-refractivity contribution in [3.63, 3.8) is 0 Å². The minimum Gasteiger partial charge on any atom is -0.367 e. The van der Waals surface area contributed by atoms with Gasteiger partial charge in [-0.2, -0.15) is 0 Å². The number of pyridine rings is 1. The summed E-state index contributed by atoms with van der Waals surface area (Å²) in [7, 11) is 0. The molecule has 4 heteroatoms. The number of amides is 1. The van der Waals surface area contributed by atoms with Crippen LogP contribution in [0, 0.1) is 5.41 Å². The second-order valence-electron chi connectivity index (χ2n) is 3.99. The van der Waals surface area contributed by atoms with Gasteiger partial charge in [0.25, 0.3) is 0 Å². The number of nitrogens with zero attached hydrogens (tertiary/aromatic N) is 1. The van der Waals surface area contributed by atoms with E-state index in [-0.39, 0.29) is 11.3 Å². The van der Waals surface area contributed by atoms with E-state index in [1.165, 1.54) is 0 Å². The molecule has 1 amide bonds. The number of nitrogens with one attached hydrogen (secondary N) is 2. The minimum atomic E-state index is -0.152. The third-order valence-electron chi connectivity index (χ3n) is 2.99. The van der Waals surface area contributed by atoms with Gasteiger partial charge in [0.15, 0.2) is 0 Å². The lowest BCUT2D eigenvalue weighted by Crippen LogP contribution is -2.27. The van der Waals surface area contributed by atoms with Gasteiger partial charge >= 0.3 is 0 Å². The molecule has 1 aromatic rings. The van der Waals surface area contributed by atoms with E-state index in [9.17, 15) is 4.79 Å². The van der Waals surface area contributed by atoms with Gasteiger partial charge in [-0.05, 0) is 25.0 Å². The molecule has 1 fully saturated rings. The van der Waals surface area contributed by atoms with Crippen molar-refractivity contribution in [2.45, 2.75) is 12.8 Å². The molecular formula is C10H11N3O. The second kappa shape index (κ2) is 2.47. The van der Waals surface area contributed by atoms with Crippen LogP contribution in [0.15, 0.2) is 18.3 Å². The molecule has 2 aliphatic rings. The van der Waals surface area contributed by atoms with Gasteiger partial charge in [0.05, 0.1) is 11.1 Å². The number of hydrogen-bond acceptors (Lipinski definition) is 3. The largest absolute Gasteiger partial charge is 0.367 e. The molecule has 2 N–H and O–H groups in total. The monoisotopic (exact) mass is 189 g/mol. The molecule has 0 saturated heterocycles. The number of fused-ring (bicyclic) bond motifs is 1. The fourth-order valence-electron chi connectivity index (χ4n) is 1.79. The average molecular weight is 189 g/mol. The van der Waals surface area contributed by atoms with Crippen LogP contribution in [0.2, 0.25) is 0 Å². The van der Waals surface area contributed by atoms with Crippen molar-refractivity contribution in [2.75, 3.05) is 17.2 Å². The highest BCUT2D eigenvalue weighted by molar-refractivity contribution is 6.00. The first-order chi connectivity index (χ1) is 6.80. The summed E-state index contributed by atoms with van der Waals surface area (Å²) in [6, 6.07) is 3.69. The average Bonchev–Trinajstić information content (AvgIpc) is 2.98. The molecule has 1 spiro atoms. The van der Waals surface area contributed by atoms with Gasteiger partial charge < -0.3 is 10.6 Å². The topological polar surface area (TPSA) is 54.0 Å². The molecule has 1 aromatic heterocycles. The van der Waals surface area contributed by atoms with Gasteiger partial charge in [-0.1, -0.05) is 0 Å². The molecule has 0 radical (unpaired) electrons. The van der Waals surface area contributed by atoms with Gasteiger partial charge in [0, 0.05) is 12.7 Å². The molecule has 0 atom stereocenters. The van der Waals surface area contributed by atoms with Crippen molar-refractivity contribution < 1.29 is 4.79 Å². The lowest BCUT2D eigenvalue weighted by molar-refractivity contribution is -0.120. The third kappa shape index (κ3) is 0.999. The number of hydrogen-bond donors (Lipinski definition) is 2. The number of carbonyl (C=O) groups is 1. The Morgan fingerprint density at radius 3 is 3.07 bits per heavy atom. The van der Waals surface area contributed by atoms with Gasteiger partial charge in [-0.15, -0.1) is 0 Å². The lowest BCUT2D eigenvalue weighted by atomic mass is 10.1. The molecule has 0 bridgehead atoms. The van der Waals surface area contributed by atoms with E-state index in [0.29, 0.717) is 6.54 Å². The van der Waals surface area contributed by atoms with E-state index in [4.69, 9.17) is 0 Å². The Hall–Kier alpha value is -1.58. The lowest BCUT2D eigenvalue weighted by Gasteiger charge is -2.08. The molecular weight excluding hydrogens is 178 g/mol. The zero-order valence-electron chi connectivity index (χ0n) is 7.71. The smallest absolute Gasteiger partial charge is 0.232 e. The Labute approximate surface area is 81.7 Å². The van der Waals surface area contributed by atoms with Crippen molar-refractivity contribution >= 4 is 17.4 Å². The van der Waals surface area contributed by atoms with Gasteiger partial charge in [-0.3, -0.25) is 4.79 Å². The molecule has 4 nitrogen and oxygen atoms in total. The van der Waals surface area contributed by atoms with Crippen LogP contribution in [0.5, 0.6) is 0 Å². The summed E-state index contributed by atoms with van der Waals surface area (Å²) in [6.07, 6.45) is 3.70. The van der Waals surface area contributed by atoms with Crippen LogP contribution in [0.4, 0.5) is 11.5 Å². The Morgan fingerprint density at radius 1 is 1.43 bits per heavy atom. The zero-order valence-corrected chi connectivity index (χ0v) is 7.71. The zero-order chi connectivity index (χ0) is 9.60. The van der Waals surface area contributed by atoms with E-state index < -0.39 is 0 Å². The number of aromatic nitrogens is 1.